The zero-order valence-corrected chi connectivity index (χ0v) is 14.9. The van der Waals surface area contributed by atoms with Crippen molar-refractivity contribution >= 4 is 17.6 Å². The normalized spacial score (nSPS) is 13.1. The Hall–Kier alpha value is -2.40. The van der Waals surface area contributed by atoms with E-state index < -0.39 is 18.1 Å². The zero-order valence-electron chi connectivity index (χ0n) is 14.1. The summed E-state index contributed by atoms with van der Waals surface area (Å²) < 4.78 is 5.53. The van der Waals surface area contributed by atoms with E-state index in [1.807, 2.05) is 25.1 Å². The fraction of sp³-hybridized carbons (Fsp3) is 0.316. The van der Waals surface area contributed by atoms with Gasteiger partial charge in [0.05, 0.1) is 0 Å². The number of rotatable bonds is 8. The van der Waals surface area contributed by atoms with Gasteiger partial charge < -0.3 is 9.84 Å². The van der Waals surface area contributed by atoms with Gasteiger partial charge in [0.1, 0.15) is 11.8 Å². The maximum absolute atomic E-state index is 11.3. The van der Waals surface area contributed by atoms with Gasteiger partial charge in [0.25, 0.3) is 0 Å². The summed E-state index contributed by atoms with van der Waals surface area (Å²) in [7, 11) is 0. The first-order valence-electron chi connectivity index (χ1n) is 8.01. The average molecular weight is 362 g/mol. The Bertz CT molecular complexity index is 746. The van der Waals surface area contributed by atoms with E-state index in [2.05, 4.69) is 5.18 Å². The van der Waals surface area contributed by atoms with Crippen LogP contribution in [0, 0.1) is 11.8 Å². The molecule has 0 fully saturated rings. The molecule has 1 N–H and O–H groups in total. The summed E-state index contributed by atoms with van der Waals surface area (Å²) in [6, 6.07) is 12.0. The number of nitroso groups, excluding NO2 is 1. The van der Waals surface area contributed by atoms with E-state index in [0.717, 1.165) is 16.7 Å². The number of halogens is 1. The molecule has 0 saturated carbocycles. The molecule has 0 saturated heterocycles. The fourth-order valence-electron chi connectivity index (χ4n) is 2.53. The summed E-state index contributed by atoms with van der Waals surface area (Å²) in [6.45, 7) is 3.57. The molecule has 6 heteroatoms. The molecule has 132 valence electrons. The Morgan fingerprint density at radius 3 is 2.44 bits per heavy atom. The molecule has 0 amide bonds. The summed E-state index contributed by atoms with van der Waals surface area (Å²) in [5.74, 6) is -0.504. The highest BCUT2D eigenvalue weighted by Gasteiger charge is 2.19. The van der Waals surface area contributed by atoms with Crippen molar-refractivity contribution in [3.8, 4) is 5.75 Å². The fourth-order valence-corrected chi connectivity index (χ4v) is 2.66. The van der Waals surface area contributed by atoms with Gasteiger partial charge in [0.15, 0.2) is 6.10 Å². The smallest absolute Gasteiger partial charge is 0.344 e. The number of nitrogens with zero attached hydrogens (tertiary/aromatic N) is 1. The summed E-state index contributed by atoms with van der Waals surface area (Å²) >= 11 is 5.87. The van der Waals surface area contributed by atoms with Gasteiger partial charge in [-0.15, -0.1) is 0 Å². The van der Waals surface area contributed by atoms with Gasteiger partial charge in [0.2, 0.25) is 0 Å². The molecular weight excluding hydrogens is 342 g/mol. The van der Waals surface area contributed by atoms with E-state index in [1.165, 1.54) is 0 Å². The van der Waals surface area contributed by atoms with Gasteiger partial charge in [0, 0.05) is 11.4 Å². The lowest BCUT2D eigenvalue weighted by Gasteiger charge is -2.17. The number of ether oxygens (including phenoxy) is 1. The lowest BCUT2D eigenvalue weighted by Crippen LogP contribution is -2.26. The van der Waals surface area contributed by atoms with E-state index in [9.17, 15) is 9.70 Å². The van der Waals surface area contributed by atoms with Crippen molar-refractivity contribution in [1.82, 2.24) is 0 Å². The van der Waals surface area contributed by atoms with E-state index in [4.69, 9.17) is 21.4 Å². The molecule has 0 bridgehead atoms. The third-order valence-electron chi connectivity index (χ3n) is 3.97. The monoisotopic (exact) mass is 361 g/mol. The van der Waals surface area contributed by atoms with Gasteiger partial charge in [-0.05, 0) is 48.2 Å². The van der Waals surface area contributed by atoms with Crippen LogP contribution in [0.1, 0.15) is 36.1 Å². The number of aryl methyl sites for hydroxylation is 1. The highest BCUT2D eigenvalue weighted by molar-refractivity contribution is 6.30. The van der Waals surface area contributed by atoms with Crippen molar-refractivity contribution in [2.75, 3.05) is 0 Å². The first kappa shape index (κ1) is 18.9. The second-order valence-electron chi connectivity index (χ2n) is 5.83. The lowest BCUT2D eigenvalue weighted by molar-refractivity contribution is -0.145. The van der Waals surface area contributed by atoms with E-state index in [0.29, 0.717) is 23.6 Å². The SMILES string of the molecule is CCC(Oc1ccc(C(Cc2ccc(Cl)cc2)N=O)cc1C)C(=O)O. The third kappa shape index (κ3) is 5.03. The molecule has 2 rings (SSSR count). The minimum atomic E-state index is -0.999. The van der Waals surface area contributed by atoms with Crippen LogP contribution < -0.4 is 4.74 Å². The summed E-state index contributed by atoms with van der Waals surface area (Å²) in [6.07, 6.45) is -0.0582. The number of aliphatic carboxylic acids is 1. The number of carboxylic acids is 1. The first-order valence-corrected chi connectivity index (χ1v) is 8.39. The first-order chi connectivity index (χ1) is 11.9. The molecule has 0 aromatic heterocycles. The minimum absolute atomic E-state index is 0.367. The van der Waals surface area contributed by atoms with Crippen molar-refractivity contribution in [3.05, 3.63) is 69.1 Å². The van der Waals surface area contributed by atoms with E-state index >= 15 is 0 Å². The van der Waals surface area contributed by atoms with E-state index in [-0.39, 0.29) is 0 Å². The number of carbonyl (C=O) groups is 1. The summed E-state index contributed by atoms with van der Waals surface area (Å²) in [5.41, 5.74) is 2.49. The lowest BCUT2D eigenvalue weighted by atomic mass is 9.98. The molecule has 0 aliphatic carbocycles. The Labute approximate surface area is 151 Å². The van der Waals surface area contributed by atoms with Crippen molar-refractivity contribution in [3.63, 3.8) is 0 Å². The van der Waals surface area contributed by atoms with Crippen LogP contribution in [0.15, 0.2) is 47.6 Å². The second kappa shape index (κ2) is 8.62. The van der Waals surface area contributed by atoms with Crippen molar-refractivity contribution < 1.29 is 14.6 Å². The summed E-state index contributed by atoms with van der Waals surface area (Å²) in [4.78, 5) is 22.4. The molecule has 2 aromatic rings. The van der Waals surface area contributed by atoms with Crippen molar-refractivity contribution in [2.24, 2.45) is 5.18 Å². The predicted molar refractivity (Wildman–Crippen MR) is 97.2 cm³/mol. The van der Waals surface area contributed by atoms with Crippen LogP contribution in [0.3, 0.4) is 0 Å². The number of benzene rings is 2. The molecule has 0 spiro atoms. The molecule has 2 aromatic carbocycles. The van der Waals surface area contributed by atoms with Gasteiger partial charge in [-0.2, -0.15) is 4.91 Å². The molecule has 2 unspecified atom stereocenters. The van der Waals surface area contributed by atoms with Gasteiger partial charge >= 0.3 is 5.97 Å². The van der Waals surface area contributed by atoms with Gasteiger partial charge in [-0.3, -0.25) is 0 Å². The van der Waals surface area contributed by atoms with Crippen LogP contribution in [-0.2, 0) is 11.2 Å². The predicted octanol–water partition coefficient (Wildman–Crippen LogP) is 4.94. The van der Waals surface area contributed by atoms with Crippen LogP contribution in [0.5, 0.6) is 5.75 Å². The standard InChI is InChI=1S/C19H20ClNO4/c1-3-17(19(22)23)25-18-9-6-14(10-12(18)2)16(21-24)11-13-4-7-15(20)8-5-13/h4-10,16-17H,3,11H2,1-2H3,(H,22,23). The molecule has 0 heterocycles. The molecule has 0 radical (unpaired) electrons. The minimum Gasteiger partial charge on any atom is -0.479 e. The number of carboxylic acid groups (broad SMARTS) is 1. The highest BCUT2D eigenvalue weighted by Crippen LogP contribution is 2.28. The largest absolute Gasteiger partial charge is 0.479 e. The summed E-state index contributed by atoms with van der Waals surface area (Å²) in [5, 5.41) is 13.0. The maximum atomic E-state index is 11.3. The van der Waals surface area contributed by atoms with Crippen molar-refractivity contribution in [2.45, 2.75) is 38.8 Å². The second-order valence-corrected chi connectivity index (χ2v) is 6.27. The van der Waals surface area contributed by atoms with Crippen LogP contribution in [0.4, 0.5) is 0 Å². The molecule has 2 atom stereocenters. The molecule has 5 nitrogen and oxygen atoms in total. The molecule has 0 aliphatic heterocycles. The molecule has 25 heavy (non-hydrogen) atoms. The van der Waals surface area contributed by atoms with Crippen LogP contribution in [-0.4, -0.2) is 17.2 Å². The Morgan fingerprint density at radius 1 is 1.24 bits per heavy atom. The third-order valence-corrected chi connectivity index (χ3v) is 4.22. The molecular formula is C19H20ClNO4. The average Bonchev–Trinajstić information content (AvgIpc) is 2.60. The van der Waals surface area contributed by atoms with Crippen LogP contribution >= 0.6 is 11.6 Å². The van der Waals surface area contributed by atoms with Gasteiger partial charge in [-0.1, -0.05) is 48.0 Å². The Kier molecular flexibility index (Phi) is 6.53. The number of hydrogen-bond acceptors (Lipinski definition) is 4. The Balaban J connectivity index is 2.17. The topological polar surface area (TPSA) is 76.0 Å². The quantitative estimate of drug-likeness (QED) is 0.675. The highest BCUT2D eigenvalue weighted by atomic mass is 35.5. The van der Waals surface area contributed by atoms with Gasteiger partial charge in [-0.25, -0.2) is 4.79 Å². The van der Waals surface area contributed by atoms with E-state index in [1.54, 1.807) is 31.2 Å². The van der Waals surface area contributed by atoms with Crippen LogP contribution in [0.2, 0.25) is 5.02 Å². The Morgan fingerprint density at radius 2 is 1.92 bits per heavy atom. The zero-order chi connectivity index (χ0) is 18.4. The van der Waals surface area contributed by atoms with Crippen molar-refractivity contribution in [1.29, 1.82) is 0 Å². The number of hydrogen-bond donors (Lipinski definition) is 1. The maximum Gasteiger partial charge on any atom is 0.344 e. The molecule has 0 aliphatic rings. The van der Waals surface area contributed by atoms with Crippen LogP contribution in [0.25, 0.3) is 0 Å².